The molecule has 154 valence electrons. The van der Waals surface area contributed by atoms with Crippen LogP contribution in [-0.4, -0.2) is 38.7 Å². The van der Waals surface area contributed by atoms with Gasteiger partial charge < -0.3 is 21.5 Å². The number of rotatable bonds is 6. The van der Waals surface area contributed by atoms with Gasteiger partial charge in [-0.3, -0.25) is 4.40 Å². The van der Waals surface area contributed by atoms with Crippen LogP contribution in [0.2, 0.25) is 0 Å². The number of amides is 2. The van der Waals surface area contributed by atoms with Gasteiger partial charge in [0, 0.05) is 36.5 Å². The van der Waals surface area contributed by atoms with Gasteiger partial charge in [0.15, 0.2) is 23.1 Å². The van der Waals surface area contributed by atoms with Crippen LogP contribution >= 0.6 is 0 Å². The summed E-state index contributed by atoms with van der Waals surface area (Å²) in [5.41, 5.74) is 8.03. The smallest absolute Gasteiger partial charge is 0.316 e. The number of fused-ring (bicyclic) bond motifs is 3. The number of aliphatic hydroxyl groups is 1. The predicted octanol–water partition coefficient (Wildman–Crippen LogP) is 3.11. The third kappa shape index (κ3) is 3.60. The van der Waals surface area contributed by atoms with E-state index < -0.39 is 17.7 Å². The van der Waals surface area contributed by atoms with Crippen LogP contribution in [0.5, 0.6) is 0 Å². The zero-order valence-electron chi connectivity index (χ0n) is 15.7. The van der Waals surface area contributed by atoms with Gasteiger partial charge in [0.05, 0.1) is 22.9 Å². The van der Waals surface area contributed by atoms with Crippen LogP contribution in [-0.2, 0) is 0 Å². The highest BCUT2D eigenvalue weighted by Gasteiger charge is 2.17. The van der Waals surface area contributed by atoms with Crippen LogP contribution < -0.4 is 16.4 Å². The van der Waals surface area contributed by atoms with E-state index in [2.05, 4.69) is 20.6 Å². The molecule has 30 heavy (non-hydrogen) atoms. The van der Waals surface area contributed by atoms with Crippen LogP contribution in [0.25, 0.3) is 27.9 Å². The normalized spacial score (nSPS) is 11.2. The Hall–Kier alpha value is -3.79. The molecule has 2 amide bonds. The van der Waals surface area contributed by atoms with E-state index in [4.69, 9.17) is 10.8 Å². The molecule has 10 heteroatoms. The first-order valence-electron chi connectivity index (χ1n) is 9.16. The molecule has 2 aromatic carbocycles. The van der Waals surface area contributed by atoms with Crippen molar-refractivity contribution >= 4 is 34.2 Å². The summed E-state index contributed by atoms with van der Waals surface area (Å²) in [5.74, 6) is -1.60. The van der Waals surface area contributed by atoms with Crippen LogP contribution in [0, 0.1) is 11.6 Å². The lowest BCUT2D eigenvalue weighted by Crippen LogP contribution is -2.19. The molecule has 0 atom stereocenters. The molecular weight excluding hydrogens is 394 g/mol. The number of halogens is 2. The number of anilines is 2. The van der Waals surface area contributed by atoms with Crippen molar-refractivity contribution in [2.24, 2.45) is 5.73 Å². The minimum atomic E-state index is -1.00. The van der Waals surface area contributed by atoms with Gasteiger partial charge in [0.1, 0.15) is 0 Å². The molecule has 4 rings (SSSR count). The number of benzene rings is 2. The SMILES string of the molecule is NC(=O)Nc1ccc(-c2cnc3c(NCCCO)nc4cc(F)c(F)cc4n23)cc1. The minimum absolute atomic E-state index is 0.00207. The molecule has 0 aliphatic carbocycles. The van der Waals surface area contributed by atoms with E-state index in [0.29, 0.717) is 41.3 Å². The monoisotopic (exact) mass is 412 g/mol. The maximum Gasteiger partial charge on any atom is 0.316 e. The van der Waals surface area contributed by atoms with E-state index in [-0.39, 0.29) is 12.1 Å². The van der Waals surface area contributed by atoms with Crippen molar-refractivity contribution < 1.29 is 18.7 Å². The van der Waals surface area contributed by atoms with Gasteiger partial charge in [0.25, 0.3) is 0 Å². The van der Waals surface area contributed by atoms with Crippen molar-refractivity contribution in [3.05, 3.63) is 54.2 Å². The molecule has 8 nitrogen and oxygen atoms in total. The zero-order chi connectivity index (χ0) is 21.3. The third-order valence-electron chi connectivity index (χ3n) is 4.54. The minimum Gasteiger partial charge on any atom is -0.396 e. The van der Waals surface area contributed by atoms with Crippen LogP contribution in [0.4, 0.5) is 25.1 Å². The van der Waals surface area contributed by atoms with Crippen molar-refractivity contribution in [3.63, 3.8) is 0 Å². The summed E-state index contributed by atoms with van der Waals surface area (Å²) in [4.78, 5) is 19.8. The molecule has 4 aromatic rings. The second kappa shape index (κ2) is 7.91. The van der Waals surface area contributed by atoms with Crippen LogP contribution in [0.3, 0.4) is 0 Å². The van der Waals surface area contributed by atoms with E-state index in [1.807, 2.05) is 0 Å². The highest BCUT2D eigenvalue weighted by atomic mass is 19.2. The largest absolute Gasteiger partial charge is 0.396 e. The number of carbonyl (C=O) groups excluding carboxylic acids is 1. The van der Waals surface area contributed by atoms with Crippen molar-refractivity contribution in [1.29, 1.82) is 0 Å². The lowest BCUT2D eigenvalue weighted by molar-refractivity contribution is 0.259. The lowest BCUT2D eigenvalue weighted by Gasteiger charge is -2.12. The summed E-state index contributed by atoms with van der Waals surface area (Å²) < 4.78 is 29.5. The molecule has 5 N–H and O–H groups in total. The quantitative estimate of drug-likeness (QED) is 0.363. The summed E-state index contributed by atoms with van der Waals surface area (Å²) in [7, 11) is 0. The van der Waals surface area contributed by atoms with E-state index in [1.54, 1.807) is 34.9 Å². The number of nitrogens with two attached hydrogens (primary N) is 1. The van der Waals surface area contributed by atoms with Gasteiger partial charge in [-0.2, -0.15) is 0 Å². The Kier molecular flexibility index (Phi) is 5.15. The fraction of sp³-hybridized carbons (Fsp3) is 0.150. The number of hydrogen-bond acceptors (Lipinski definition) is 5. The third-order valence-corrected chi connectivity index (χ3v) is 4.54. The summed E-state index contributed by atoms with van der Waals surface area (Å²) in [6, 6.07) is 8.28. The molecule has 0 saturated carbocycles. The molecule has 0 aliphatic heterocycles. The van der Waals surface area contributed by atoms with Gasteiger partial charge in [-0.15, -0.1) is 0 Å². The second-order valence-electron chi connectivity index (χ2n) is 6.59. The van der Waals surface area contributed by atoms with E-state index in [1.165, 1.54) is 0 Å². The first-order chi connectivity index (χ1) is 14.5. The predicted molar refractivity (Wildman–Crippen MR) is 109 cm³/mol. The molecule has 0 saturated heterocycles. The molecule has 0 spiro atoms. The topological polar surface area (TPSA) is 118 Å². The van der Waals surface area contributed by atoms with Crippen molar-refractivity contribution in [3.8, 4) is 11.3 Å². The Bertz CT molecular complexity index is 1240. The van der Waals surface area contributed by atoms with Gasteiger partial charge in [0.2, 0.25) is 0 Å². The Morgan fingerprint density at radius 3 is 2.60 bits per heavy atom. The van der Waals surface area contributed by atoms with Crippen LogP contribution in [0.1, 0.15) is 6.42 Å². The van der Waals surface area contributed by atoms with Crippen molar-refractivity contribution in [1.82, 2.24) is 14.4 Å². The molecule has 2 heterocycles. The second-order valence-corrected chi connectivity index (χ2v) is 6.59. The fourth-order valence-electron chi connectivity index (χ4n) is 3.20. The number of aromatic nitrogens is 3. The number of nitrogens with one attached hydrogen (secondary N) is 2. The first-order valence-corrected chi connectivity index (χ1v) is 9.16. The molecule has 0 aliphatic rings. The van der Waals surface area contributed by atoms with Gasteiger partial charge >= 0.3 is 6.03 Å². The summed E-state index contributed by atoms with van der Waals surface area (Å²) in [5, 5.41) is 14.6. The first kappa shape index (κ1) is 19.5. The van der Waals surface area contributed by atoms with Crippen molar-refractivity contribution in [2.75, 3.05) is 23.8 Å². The zero-order valence-corrected chi connectivity index (χ0v) is 15.7. The Morgan fingerprint density at radius 1 is 1.17 bits per heavy atom. The number of hydrogen-bond donors (Lipinski definition) is 4. The molecule has 0 radical (unpaired) electrons. The standard InChI is InChI=1S/C20H18F2N6O2/c21-13-8-15-16(9-14(13)22)28-17(11-2-4-12(5-3-11)26-20(23)30)10-25-19(28)18(27-15)24-6-1-7-29/h2-5,8-10,29H,1,6-7H2,(H,24,27)(H3,23,26,30). The van der Waals surface area contributed by atoms with Crippen LogP contribution in [0.15, 0.2) is 42.6 Å². The highest BCUT2D eigenvalue weighted by Crippen LogP contribution is 2.30. The van der Waals surface area contributed by atoms with Gasteiger partial charge in [-0.1, -0.05) is 12.1 Å². The van der Waals surface area contributed by atoms with E-state index >= 15 is 0 Å². The number of primary amides is 1. The molecule has 2 aromatic heterocycles. The van der Waals surface area contributed by atoms with Gasteiger partial charge in [-0.05, 0) is 18.6 Å². The van der Waals surface area contributed by atoms with Gasteiger partial charge in [-0.25, -0.2) is 23.5 Å². The summed E-state index contributed by atoms with van der Waals surface area (Å²) in [6.45, 7) is 0.437. The highest BCUT2D eigenvalue weighted by molar-refractivity contribution is 5.89. The van der Waals surface area contributed by atoms with Crippen molar-refractivity contribution in [2.45, 2.75) is 6.42 Å². The number of nitrogens with zero attached hydrogens (tertiary/aromatic N) is 3. The molecule has 0 bridgehead atoms. The van der Waals surface area contributed by atoms with E-state index in [0.717, 1.165) is 17.7 Å². The Balaban J connectivity index is 1.90. The Labute approximate surface area is 169 Å². The Morgan fingerprint density at radius 2 is 1.90 bits per heavy atom. The maximum atomic E-state index is 14.0. The fourth-order valence-corrected chi connectivity index (χ4v) is 3.20. The number of urea groups is 1. The summed E-state index contributed by atoms with van der Waals surface area (Å²) >= 11 is 0. The molecule has 0 fully saturated rings. The molecular formula is C20H18F2N6O2. The average molecular weight is 412 g/mol. The number of aliphatic hydroxyl groups excluding tert-OH is 1. The number of imidazole rings is 1. The number of carbonyl (C=O) groups is 1. The summed E-state index contributed by atoms with van der Waals surface area (Å²) in [6.07, 6.45) is 2.09. The van der Waals surface area contributed by atoms with E-state index in [9.17, 15) is 13.6 Å². The molecule has 0 unspecified atom stereocenters. The average Bonchev–Trinajstić information content (AvgIpc) is 3.15. The lowest BCUT2D eigenvalue weighted by atomic mass is 10.1. The maximum absolute atomic E-state index is 14.0.